The lowest BCUT2D eigenvalue weighted by atomic mass is 10.2. The average molecular weight is 528 g/mol. The summed E-state index contributed by atoms with van der Waals surface area (Å²) in [7, 11) is -3.80. The first kappa shape index (κ1) is 23.9. The molecule has 186 valence electrons. The molecule has 0 bridgehead atoms. The van der Waals surface area contributed by atoms with Crippen LogP contribution >= 0.6 is 11.3 Å². The molecule has 0 saturated carbocycles. The molecule has 2 aromatic heterocycles. The summed E-state index contributed by atoms with van der Waals surface area (Å²) < 4.78 is 43.2. The largest absolute Gasteiger partial charge is 0.335 e. The summed E-state index contributed by atoms with van der Waals surface area (Å²) in [6.45, 7) is 2.20. The normalized spacial score (nSPS) is 15.3. The minimum atomic E-state index is -3.80. The molecule has 1 aliphatic rings. The zero-order chi connectivity index (χ0) is 25.4. The molecule has 2 amide bonds. The van der Waals surface area contributed by atoms with Gasteiger partial charge in [0.1, 0.15) is 18.4 Å². The number of carbonyl (C=O) groups excluding carboxylic acids is 2. The fourth-order valence-corrected chi connectivity index (χ4v) is 6.05. The van der Waals surface area contributed by atoms with Crippen LogP contribution in [-0.2, 0) is 19.6 Å². The molecule has 1 N–H and O–H groups in total. The smallest absolute Gasteiger partial charge is 0.263 e. The van der Waals surface area contributed by atoms with E-state index < -0.39 is 16.1 Å². The number of carbonyl (C=O) groups is 2. The summed E-state index contributed by atoms with van der Waals surface area (Å²) in [6, 6.07) is 11.7. The van der Waals surface area contributed by atoms with Crippen LogP contribution in [0.5, 0.6) is 0 Å². The molecule has 5 rings (SSSR count). The van der Waals surface area contributed by atoms with E-state index in [0.29, 0.717) is 23.1 Å². The Morgan fingerprint density at radius 2 is 1.92 bits per heavy atom. The first-order chi connectivity index (χ1) is 17.2. The first-order valence-corrected chi connectivity index (χ1v) is 13.5. The van der Waals surface area contributed by atoms with E-state index in [2.05, 4.69) is 9.71 Å². The molecule has 0 unspecified atom stereocenters. The molecule has 3 heterocycles. The van der Waals surface area contributed by atoms with E-state index >= 15 is 0 Å². The summed E-state index contributed by atoms with van der Waals surface area (Å²) >= 11 is 1.17. The van der Waals surface area contributed by atoms with Gasteiger partial charge in [0.25, 0.3) is 10.0 Å². The van der Waals surface area contributed by atoms with Crippen molar-refractivity contribution in [3.63, 3.8) is 0 Å². The predicted octanol–water partition coefficient (Wildman–Crippen LogP) is 3.47. The van der Waals surface area contributed by atoms with Gasteiger partial charge in [0.05, 0.1) is 10.4 Å². The number of piperazine rings is 1. The molecule has 1 fully saturated rings. The van der Waals surface area contributed by atoms with Crippen molar-refractivity contribution in [2.45, 2.75) is 17.9 Å². The van der Waals surface area contributed by atoms with Crippen LogP contribution in [0, 0.1) is 5.82 Å². The summed E-state index contributed by atoms with van der Waals surface area (Å²) in [4.78, 5) is 33.1. The second-order valence-electron chi connectivity index (χ2n) is 8.31. The van der Waals surface area contributed by atoms with Gasteiger partial charge in [-0.3, -0.25) is 14.3 Å². The van der Waals surface area contributed by atoms with E-state index in [1.54, 1.807) is 53.4 Å². The van der Waals surface area contributed by atoms with Gasteiger partial charge in [-0.2, -0.15) is 0 Å². The molecule has 0 spiro atoms. The van der Waals surface area contributed by atoms with Crippen LogP contribution in [-0.4, -0.2) is 54.3 Å². The molecule has 36 heavy (non-hydrogen) atoms. The quantitative estimate of drug-likeness (QED) is 0.414. The Labute approximate surface area is 210 Å². The van der Waals surface area contributed by atoms with Gasteiger partial charge < -0.3 is 14.4 Å². The minimum absolute atomic E-state index is 0.0481. The zero-order valence-corrected chi connectivity index (χ0v) is 20.8. The van der Waals surface area contributed by atoms with Crippen LogP contribution in [0.3, 0.4) is 0 Å². The highest BCUT2D eigenvalue weighted by molar-refractivity contribution is 7.93. The SMILES string of the molecule is C[C@H](C(=O)N1CCN(c2ccc(S(=O)(=O)Nc3nccs3)cc2)C(=O)C1)n1ccc2c(F)cccc21. The maximum Gasteiger partial charge on any atom is 0.263 e. The molecule has 9 nitrogen and oxygen atoms in total. The third-order valence-corrected chi connectivity index (χ3v) is 8.30. The van der Waals surface area contributed by atoms with Crippen LogP contribution in [0.1, 0.15) is 13.0 Å². The maximum absolute atomic E-state index is 14.1. The second kappa shape index (κ2) is 9.36. The number of nitrogens with one attached hydrogen (secondary N) is 1. The van der Waals surface area contributed by atoms with Crippen molar-refractivity contribution in [3.8, 4) is 0 Å². The van der Waals surface area contributed by atoms with Crippen LogP contribution in [0.25, 0.3) is 10.9 Å². The Balaban J connectivity index is 1.26. The Bertz CT molecular complexity index is 1530. The van der Waals surface area contributed by atoms with Crippen LogP contribution in [0.15, 0.2) is 71.2 Å². The zero-order valence-electron chi connectivity index (χ0n) is 19.2. The van der Waals surface area contributed by atoms with Gasteiger partial charge in [-0.15, -0.1) is 11.3 Å². The van der Waals surface area contributed by atoms with E-state index in [1.807, 2.05) is 0 Å². The van der Waals surface area contributed by atoms with Gasteiger partial charge in [0.15, 0.2) is 5.13 Å². The monoisotopic (exact) mass is 527 g/mol. The molecule has 2 aromatic carbocycles. The minimum Gasteiger partial charge on any atom is -0.335 e. The highest BCUT2D eigenvalue weighted by atomic mass is 32.2. The van der Waals surface area contributed by atoms with Crippen molar-refractivity contribution in [3.05, 3.63) is 72.1 Å². The Hall–Kier alpha value is -3.77. The number of benzene rings is 2. The number of fused-ring (bicyclic) bond motifs is 1. The van der Waals surface area contributed by atoms with Crippen molar-refractivity contribution in [2.24, 2.45) is 0 Å². The third kappa shape index (κ3) is 4.44. The van der Waals surface area contributed by atoms with E-state index in [0.717, 1.165) is 0 Å². The number of amides is 2. The molecule has 1 aliphatic heterocycles. The summed E-state index contributed by atoms with van der Waals surface area (Å²) in [5.74, 6) is -0.867. The molecule has 1 saturated heterocycles. The van der Waals surface area contributed by atoms with Gasteiger partial charge in [0.2, 0.25) is 11.8 Å². The van der Waals surface area contributed by atoms with Gasteiger partial charge in [0, 0.05) is 41.9 Å². The number of hydrogen-bond donors (Lipinski definition) is 1. The predicted molar refractivity (Wildman–Crippen MR) is 135 cm³/mol. The molecular weight excluding hydrogens is 505 g/mol. The number of thiazole rings is 1. The van der Waals surface area contributed by atoms with Crippen molar-refractivity contribution in [1.82, 2.24) is 14.5 Å². The molecular formula is C24H22FN5O4S2. The molecule has 0 radical (unpaired) electrons. The van der Waals surface area contributed by atoms with Crippen molar-refractivity contribution in [1.29, 1.82) is 0 Å². The molecule has 12 heteroatoms. The molecule has 1 atom stereocenters. The van der Waals surface area contributed by atoms with E-state index in [9.17, 15) is 22.4 Å². The van der Waals surface area contributed by atoms with Gasteiger partial charge >= 0.3 is 0 Å². The van der Waals surface area contributed by atoms with Crippen molar-refractivity contribution < 1.29 is 22.4 Å². The van der Waals surface area contributed by atoms with E-state index in [4.69, 9.17) is 0 Å². The summed E-state index contributed by atoms with van der Waals surface area (Å²) in [6.07, 6.45) is 3.18. The number of nitrogens with zero attached hydrogens (tertiary/aromatic N) is 4. The van der Waals surface area contributed by atoms with E-state index in [1.165, 1.54) is 45.5 Å². The van der Waals surface area contributed by atoms with Crippen molar-refractivity contribution >= 4 is 54.9 Å². The number of anilines is 2. The Morgan fingerprint density at radius 1 is 1.14 bits per heavy atom. The Morgan fingerprint density at radius 3 is 2.61 bits per heavy atom. The number of aromatic nitrogens is 2. The topological polar surface area (TPSA) is 105 Å². The Kier molecular flexibility index (Phi) is 6.22. The lowest BCUT2D eigenvalue weighted by molar-refractivity contribution is -0.139. The average Bonchev–Trinajstić information content (AvgIpc) is 3.53. The van der Waals surface area contributed by atoms with Gasteiger partial charge in [-0.1, -0.05) is 6.07 Å². The standard InChI is InChI=1S/C24H22FN5O4S2/c1-16(29-11-9-19-20(25)3-2-4-21(19)29)23(32)28-12-13-30(22(31)15-28)17-5-7-18(8-6-17)36(33,34)27-24-26-10-14-35-24/h2-11,14,16H,12-13,15H2,1H3,(H,26,27)/t16-/m1/s1. The molecule has 0 aliphatic carbocycles. The fraction of sp³-hybridized carbons (Fsp3) is 0.208. The number of halogens is 1. The number of sulfonamides is 1. The third-order valence-electron chi connectivity index (χ3n) is 6.13. The van der Waals surface area contributed by atoms with Crippen LogP contribution in [0.2, 0.25) is 0 Å². The summed E-state index contributed by atoms with van der Waals surface area (Å²) in [5.41, 5.74) is 1.15. The van der Waals surface area contributed by atoms with Crippen molar-refractivity contribution in [2.75, 3.05) is 29.3 Å². The lowest BCUT2D eigenvalue weighted by Gasteiger charge is -2.35. The number of rotatable bonds is 6. The van der Waals surface area contributed by atoms with Crippen LogP contribution < -0.4 is 9.62 Å². The highest BCUT2D eigenvalue weighted by Gasteiger charge is 2.31. The van der Waals surface area contributed by atoms with Gasteiger partial charge in [-0.25, -0.2) is 17.8 Å². The number of hydrogen-bond acceptors (Lipinski definition) is 6. The summed E-state index contributed by atoms with van der Waals surface area (Å²) in [5, 5.41) is 2.37. The van der Waals surface area contributed by atoms with Gasteiger partial charge in [-0.05, 0) is 49.4 Å². The second-order valence-corrected chi connectivity index (χ2v) is 10.9. The lowest BCUT2D eigenvalue weighted by Crippen LogP contribution is -2.53. The highest BCUT2D eigenvalue weighted by Crippen LogP contribution is 2.26. The van der Waals surface area contributed by atoms with Crippen LogP contribution in [0.4, 0.5) is 15.2 Å². The fourth-order valence-electron chi connectivity index (χ4n) is 4.26. The first-order valence-electron chi connectivity index (χ1n) is 11.1. The van der Waals surface area contributed by atoms with E-state index in [-0.39, 0.29) is 40.7 Å². The molecule has 4 aromatic rings. The maximum atomic E-state index is 14.1.